The fourth-order valence-electron chi connectivity index (χ4n) is 2.48. The van der Waals surface area contributed by atoms with Crippen molar-refractivity contribution >= 4 is 5.91 Å². The van der Waals surface area contributed by atoms with Crippen LogP contribution in [0, 0.1) is 5.41 Å². The van der Waals surface area contributed by atoms with E-state index in [0.29, 0.717) is 12.5 Å². The minimum atomic E-state index is -0.0767. The summed E-state index contributed by atoms with van der Waals surface area (Å²) in [5, 5.41) is 3.15. The number of amides is 1. The lowest BCUT2D eigenvalue weighted by atomic mass is 9.85. The third kappa shape index (κ3) is 6.23. The molecule has 1 amide bonds. The molecule has 1 heterocycles. The minimum Gasteiger partial charge on any atom is -0.353 e. The van der Waals surface area contributed by atoms with E-state index in [1.807, 2.05) is 0 Å². The summed E-state index contributed by atoms with van der Waals surface area (Å²) in [6.45, 7) is 11.9. The number of carbonyl (C=O) groups excluding carboxylic acids is 1. The minimum absolute atomic E-state index is 0.0130. The molecule has 1 rings (SSSR count). The van der Waals surface area contributed by atoms with Crippen molar-refractivity contribution in [1.29, 1.82) is 0 Å². The molecule has 3 N–H and O–H groups in total. The van der Waals surface area contributed by atoms with Crippen molar-refractivity contribution in [3.8, 4) is 0 Å². The molecule has 0 saturated carbocycles. The van der Waals surface area contributed by atoms with Crippen LogP contribution in [-0.2, 0) is 4.79 Å². The quantitative estimate of drug-likeness (QED) is 0.785. The summed E-state index contributed by atoms with van der Waals surface area (Å²) in [6.07, 6.45) is 5.10. The first-order valence-corrected chi connectivity index (χ1v) is 8.10. The molecule has 0 aliphatic carbocycles. The second-order valence-corrected chi connectivity index (χ2v) is 7.21. The molecule has 1 saturated heterocycles. The predicted molar refractivity (Wildman–Crippen MR) is 84.6 cm³/mol. The Morgan fingerprint density at radius 1 is 1.35 bits per heavy atom. The predicted octanol–water partition coefficient (Wildman–Crippen LogP) is 2.13. The highest BCUT2D eigenvalue weighted by molar-refractivity contribution is 5.77. The summed E-state index contributed by atoms with van der Waals surface area (Å²) in [6, 6.07) is 0.264. The van der Waals surface area contributed by atoms with Crippen molar-refractivity contribution < 1.29 is 4.79 Å². The fourth-order valence-corrected chi connectivity index (χ4v) is 2.48. The van der Waals surface area contributed by atoms with E-state index in [9.17, 15) is 4.79 Å². The number of hydrogen-bond acceptors (Lipinski definition) is 3. The molecule has 0 spiro atoms. The Kier molecular flexibility index (Phi) is 6.96. The Hall–Kier alpha value is -0.610. The average Bonchev–Trinajstić information content (AvgIpc) is 2.36. The third-order valence-corrected chi connectivity index (χ3v) is 4.30. The molecular formula is C16H33N3O. The Bertz CT molecular complexity index is 291. The van der Waals surface area contributed by atoms with Crippen molar-refractivity contribution in [3.63, 3.8) is 0 Å². The molecule has 0 radical (unpaired) electrons. The number of hydrogen-bond donors (Lipinski definition) is 2. The van der Waals surface area contributed by atoms with Gasteiger partial charge in [-0.3, -0.25) is 4.79 Å². The van der Waals surface area contributed by atoms with Crippen molar-refractivity contribution in [2.24, 2.45) is 11.1 Å². The SMILES string of the molecule is CCCCN1CCC(NC(=O)CC(N)C(C)(C)C)CC1. The normalized spacial score (nSPS) is 19.9. The first-order chi connectivity index (χ1) is 9.32. The van der Waals surface area contributed by atoms with Gasteiger partial charge in [0.05, 0.1) is 0 Å². The summed E-state index contributed by atoms with van der Waals surface area (Å²) in [4.78, 5) is 14.5. The van der Waals surface area contributed by atoms with Crippen LogP contribution in [0.15, 0.2) is 0 Å². The number of nitrogens with two attached hydrogens (primary N) is 1. The van der Waals surface area contributed by atoms with Crippen LogP contribution in [0.4, 0.5) is 0 Å². The maximum atomic E-state index is 12.0. The van der Waals surface area contributed by atoms with E-state index in [2.05, 4.69) is 37.9 Å². The number of piperidine rings is 1. The number of nitrogens with zero attached hydrogens (tertiary/aromatic N) is 1. The van der Waals surface area contributed by atoms with Gasteiger partial charge in [-0.1, -0.05) is 34.1 Å². The van der Waals surface area contributed by atoms with E-state index in [0.717, 1.165) is 25.9 Å². The molecule has 118 valence electrons. The summed E-state index contributed by atoms with van der Waals surface area (Å²) in [7, 11) is 0. The number of nitrogens with one attached hydrogen (secondary N) is 1. The molecule has 1 fully saturated rings. The second kappa shape index (κ2) is 7.99. The lowest BCUT2D eigenvalue weighted by Gasteiger charge is -2.33. The highest BCUT2D eigenvalue weighted by Gasteiger charge is 2.25. The largest absolute Gasteiger partial charge is 0.353 e. The second-order valence-electron chi connectivity index (χ2n) is 7.21. The first kappa shape index (κ1) is 17.4. The number of likely N-dealkylation sites (tertiary alicyclic amines) is 1. The zero-order chi connectivity index (χ0) is 15.2. The highest BCUT2D eigenvalue weighted by Crippen LogP contribution is 2.20. The van der Waals surface area contributed by atoms with E-state index >= 15 is 0 Å². The maximum Gasteiger partial charge on any atom is 0.221 e. The number of carbonyl (C=O) groups is 1. The molecule has 20 heavy (non-hydrogen) atoms. The van der Waals surface area contributed by atoms with E-state index in [-0.39, 0.29) is 17.4 Å². The van der Waals surface area contributed by atoms with Gasteiger partial charge in [-0.05, 0) is 31.2 Å². The molecule has 0 bridgehead atoms. The number of unbranched alkanes of at least 4 members (excludes halogenated alkanes) is 1. The van der Waals surface area contributed by atoms with Crippen LogP contribution in [0.1, 0.15) is 59.8 Å². The van der Waals surface area contributed by atoms with Crippen LogP contribution in [0.25, 0.3) is 0 Å². The van der Waals surface area contributed by atoms with E-state index in [1.165, 1.54) is 19.4 Å². The van der Waals surface area contributed by atoms with Crippen molar-refractivity contribution in [2.75, 3.05) is 19.6 Å². The van der Waals surface area contributed by atoms with Gasteiger partial charge in [-0.25, -0.2) is 0 Å². The number of rotatable bonds is 6. The molecule has 1 atom stereocenters. The Morgan fingerprint density at radius 3 is 2.45 bits per heavy atom. The fraction of sp³-hybridized carbons (Fsp3) is 0.938. The molecule has 1 aliphatic rings. The molecule has 4 heteroatoms. The Balaban J connectivity index is 2.24. The van der Waals surface area contributed by atoms with Gasteiger partial charge in [0.15, 0.2) is 0 Å². The van der Waals surface area contributed by atoms with Gasteiger partial charge in [0, 0.05) is 31.6 Å². The topological polar surface area (TPSA) is 58.4 Å². The highest BCUT2D eigenvalue weighted by atomic mass is 16.1. The van der Waals surface area contributed by atoms with Gasteiger partial charge in [-0.2, -0.15) is 0 Å². The molecule has 0 aromatic carbocycles. The lowest BCUT2D eigenvalue weighted by Crippen LogP contribution is -2.47. The van der Waals surface area contributed by atoms with Gasteiger partial charge in [0.1, 0.15) is 0 Å². The third-order valence-electron chi connectivity index (χ3n) is 4.30. The smallest absolute Gasteiger partial charge is 0.221 e. The van der Waals surface area contributed by atoms with Crippen molar-refractivity contribution in [2.45, 2.75) is 71.9 Å². The van der Waals surface area contributed by atoms with Crippen LogP contribution < -0.4 is 11.1 Å². The standard InChI is InChI=1S/C16H33N3O/c1-5-6-9-19-10-7-13(8-11-19)18-15(20)12-14(17)16(2,3)4/h13-14H,5-12,17H2,1-4H3,(H,18,20). The lowest BCUT2D eigenvalue weighted by molar-refractivity contribution is -0.123. The summed E-state index contributed by atoms with van der Waals surface area (Å²) >= 11 is 0. The maximum absolute atomic E-state index is 12.0. The average molecular weight is 283 g/mol. The molecule has 0 aromatic rings. The first-order valence-electron chi connectivity index (χ1n) is 8.10. The summed E-state index contributed by atoms with van der Waals surface area (Å²) in [5.74, 6) is 0.111. The monoisotopic (exact) mass is 283 g/mol. The van der Waals surface area contributed by atoms with Gasteiger partial charge in [-0.15, -0.1) is 0 Å². The zero-order valence-corrected chi connectivity index (χ0v) is 13.7. The van der Waals surface area contributed by atoms with E-state index in [1.54, 1.807) is 0 Å². The van der Waals surface area contributed by atoms with Gasteiger partial charge in [0.2, 0.25) is 5.91 Å². The summed E-state index contributed by atoms with van der Waals surface area (Å²) < 4.78 is 0. The van der Waals surface area contributed by atoms with Gasteiger partial charge in [0.25, 0.3) is 0 Å². The Morgan fingerprint density at radius 2 is 1.95 bits per heavy atom. The van der Waals surface area contributed by atoms with Crippen LogP contribution in [0.5, 0.6) is 0 Å². The van der Waals surface area contributed by atoms with Crippen LogP contribution >= 0.6 is 0 Å². The zero-order valence-electron chi connectivity index (χ0n) is 13.7. The molecule has 4 nitrogen and oxygen atoms in total. The molecule has 0 aromatic heterocycles. The van der Waals surface area contributed by atoms with Crippen molar-refractivity contribution in [3.05, 3.63) is 0 Å². The van der Waals surface area contributed by atoms with Crippen LogP contribution in [0.3, 0.4) is 0 Å². The van der Waals surface area contributed by atoms with Crippen LogP contribution in [0.2, 0.25) is 0 Å². The van der Waals surface area contributed by atoms with Gasteiger partial charge < -0.3 is 16.0 Å². The van der Waals surface area contributed by atoms with E-state index < -0.39 is 0 Å². The van der Waals surface area contributed by atoms with Gasteiger partial charge >= 0.3 is 0 Å². The molecule has 1 unspecified atom stereocenters. The van der Waals surface area contributed by atoms with Crippen molar-refractivity contribution in [1.82, 2.24) is 10.2 Å². The molecule has 1 aliphatic heterocycles. The van der Waals surface area contributed by atoms with Crippen LogP contribution in [-0.4, -0.2) is 42.5 Å². The summed E-state index contributed by atoms with van der Waals surface area (Å²) in [5.41, 5.74) is 6.05. The molecular weight excluding hydrogens is 250 g/mol. The Labute approximate surface area is 124 Å². The van der Waals surface area contributed by atoms with E-state index in [4.69, 9.17) is 5.73 Å².